The van der Waals surface area contributed by atoms with E-state index in [1.54, 1.807) is 0 Å². The first-order chi connectivity index (χ1) is 4.50. The lowest BCUT2D eigenvalue weighted by Crippen LogP contribution is -2.08. The van der Waals surface area contributed by atoms with Gasteiger partial charge in [0, 0.05) is 0 Å². The van der Waals surface area contributed by atoms with E-state index in [2.05, 4.69) is 0 Å². The molecule has 0 aromatic rings. The van der Waals surface area contributed by atoms with Gasteiger partial charge in [-0.2, -0.15) is 13.2 Å². The van der Waals surface area contributed by atoms with Gasteiger partial charge in [0.15, 0.2) is 0 Å². The Morgan fingerprint density at radius 1 is 1.40 bits per heavy atom. The highest BCUT2D eigenvalue weighted by Gasteiger charge is 2.33. The summed E-state index contributed by atoms with van der Waals surface area (Å²) in [7, 11) is 0. The highest BCUT2D eigenvalue weighted by molar-refractivity contribution is 5.36. The van der Waals surface area contributed by atoms with E-state index in [0.29, 0.717) is 0 Å². The molecule has 2 radical (unpaired) electrons. The molecule has 0 N–H and O–H groups in total. The highest BCUT2D eigenvalue weighted by atomic mass is 19.4. The molecule has 3 heteroatoms. The van der Waals surface area contributed by atoms with Crippen LogP contribution in [0.25, 0.3) is 0 Å². The number of hydrogen-bond acceptors (Lipinski definition) is 0. The molecule has 54 valence electrons. The van der Waals surface area contributed by atoms with E-state index in [1.807, 2.05) is 0 Å². The summed E-state index contributed by atoms with van der Waals surface area (Å²) in [5, 5.41) is 0. The maximum Gasteiger partial charge on any atom is 0.416 e. The van der Waals surface area contributed by atoms with Crippen molar-refractivity contribution in [1.29, 1.82) is 0 Å². The molecule has 1 rings (SSSR count). The van der Waals surface area contributed by atoms with Gasteiger partial charge in [0.05, 0.1) is 5.57 Å². The maximum absolute atomic E-state index is 11.8. The Labute approximate surface area is 57.0 Å². The van der Waals surface area contributed by atoms with Crippen LogP contribution in [-0.2, 0) is 0 Å². The zero-order valence-corrected chi connectivity index (χ0v) is 5.07. The van der Waals surface area contributed by atoms with Gasteiger partial charge in [0.25, 0.3) is 0 Å². The van der Waals surface area contributed by atoms with Crippen molar-refractivity contribution < 1.29 is 13.2 Å². The first-order valence-electron chi connectivity index (χ1n) is 2.73. The number of alkyl halides is 3. The molecule has 0 aliphatic heterocycles. The van der Waals surface area contributed by atoms with Crippen molar-refractivity contribution in [2.75, 3.05) is 0 Å². The average Bonchev–Trinajstić information content (AvgIpc) is 2.11. The van der Waals surface area contributed by atoms with Crippen LogP contribution < -0.4 is 0 Å². The molecule has 0 atom stereocenters. The van der Waals surface area contributed by atoms with Gasteiger partial charge in [0.2, 0.25) is 0 Å². The van der Waals surface area contributed by atoms with E-state index in [9.17, 15) is 13.2 Å². The van der Waals surface area contributed by atoms with Crippen LogP contribution in [-0.4, -0.2) is 6.18 Å². The summed E-state index contributed by atoms with van der Waals surface area (Å²) in [6.07, 6.45) is -1.98. The predicted molar refractivity (Wildman–Crippen MR) is 31.1 cm³/mol. The molecule has 0 saturated carbocycles. The molecule has 0 bridgehead atoms. The fraction of sp³-hybridized carbons (Fsp3) is 0.286. The van der Waals surface area contributed by atoms with Crippen molar-refractivity contribution in [3.8, 4) is 0 Å². The van der Waals surface area contributed by atoms with Gasteiger partial charge < -0.3 is 0 Å². The standard InChI is InChI=1S/C7H5F3/c1-5-2-3-6(4-5)7(8,9)10/h1,3-4H,2H2. The topological polar surface area (TPSA) is 0 Å². The van der Waals surface area contributed by atoms with E-state index in [0.717, 1.165) is 12.2 Å². The van der Waals surface area contributed by atoms with Crippen molar-refractivity contribution in [2.24, 2.45) is 0 Å². The lowest BCUT2D eigenvalue weighted by molar-refractivity contribution is -0.0880. The minimum atomic E-state index is -4.24. The molecular formula is C7H5F3. The third-order valence-electron chi connectivity index (χ3n) is 1.23. The average molecular weight is 146 g/mol. The summed E-state index contributed by atoms with van der Waals surface area (Å²) >= 11 is 0. The molecule has 1 aliphatic carbocycles. The van der Waals surface area contributed by atoms with E-state index < -0.39 is 11.7 Å². The molecule has 0 amide bonds. The van der Waals surface area contributed by atoms with Crippen LogP contribution >= 0.6 is 0 Å². The fourth-order valence-electron chi connectivity index (χ4n) is 0.743. The van der Waals surface area contributed by atoms with Crippen LogP contribution in [0.5, 0.6) is 0 Å². The maximum atomic E-state index is 11.8. The van der Waals surface area contributed by atoms with Crippen LogP contribution in [0.2, 0.25) is 0 Å². The van der Waals surface area contributed by atoms with Gasteiger partial charge in [-0.3, -0.25) is 0 Å². The van der Waals surface area contributed by atoms with Crippen LogP contribution in [0.1, 0.15) is 6.42 Å². The molecule has 0 aromatic carbocycles. The second-order valence-electron chi connectivity index (χ2n) is 2.08. The lowest BCUT2D eigenvalue weighted by Gasteiger charge is -2.03. The minimum absolute atomic E-state index is 0.217. The van der Waals surface area contributed by atoms with E-state index >= 15 is 0 Å². The molecule has 0 fully saturated rings. The molecule has 1 aliphatic rings. The summed E-state index contributed by atoms with van der Waals surface area (Å²) < 4.78 is 35.3. The Balaban J connectivity index is 2.77. The van der Waals surface area contributed by atoms with Crippen molar-refractivity contribution in [3.63, 3.8) is 0 Å². The summed E-state index contributed by atoms with van der Waals surface area (Å²) in [5.74, 6) is 0. The third kappa shape index (κ3) is 1.40. The summed E-state index contributed by atoms with van der Waals surface area (Å²) in [4.78, 5) is 0. The minimum Gasteiger partial charge on any atom is -0.166 e. The Hall–Kier alpha value is -0.730. The van der Waals surface area contributed by atoms with E-state index in [4.69, 9.17) is 6.92 Å². The molecule has 0 spiro atoms. The Kier molecular flexibility index (Phi) is 1.58. The zero-order valence-electron chi connectivity index (χ0n) is 5.07. The molecule has 0 heterocycles. The number of halogens is 3. The smallest absolute Gasteiger partial charge is 0.166 e. The molecule has 10 heavy (non-hydrogen) atoms. The van der Waals surface area contributed by atoms with Crippen LogP contribution in [0.3, 0.4) is 0 Å². The van der Waals surface area contributed by atoms with Gasteiger partial charge in [0.1, 0.15) is 0 Å². The van der Waals surface area contributed by atoms with E-state index in [1.165, 1.54) is 0 Å². The summed E-state index contributed by atoms with van der Waals surface area (Å²) in [5.41, 5.74) is -0.364. The second kappa shape index (κ2) is 2.15. The molecule has 0 saturated heterocycles. The van der Waals surface area contributed by atoms with Crippen LogP contribution in [0.15, 0.2) is 23.3 Å². The van der Waals surface area contributed by atoms with Crippen molar-refractivity contribution in [3.05, 3.63) is 30.2 Å². The first-order valence-corrected chi connectivity index (χ1v) is 2.73. The van der Waals surface area contributed by atoms with Crippen molar-refractivity contribution in [2.45, 2.75) is 12.6 Å². The Morgan fingerprint density at radius 3 is 2.20 bits per heavy atom. The molecule has 0 aromatic heterocycles. The Morgan fingerprint density at radius 2 is 2.00 bits per heavy atom. The quantitative estimate of drug-likeness (QED) is 0.492. The van der Waals surface area contributed by atoms with Gasteiger partial charge in [-0.15, -0.1) is 0 Å². The van der Waals surface area contributed by atoms with Crippen molar-refractivity contribution >= 4 is 0 Å². The molecule has 0 unspecified atom stereocenters. The second-order valence-corrected chi connectivity index (χ2v) is 2.08. The lowest BCUT2D eigenvalue weighted by atomic mass is 10.3. The largest absolute Gasteiger partial charge is 0.416 e. The predicted octanol–water partition coefficient (Wildman–Crippen LogP) is 2.52. The highest BCUT2D eigenvalue weighted by Crippen LogP contribution is 2.31. The first kappa shape index (κ1) is 7.38. The fourth-order valence-corrected chi connectivity index (χ4v) is 0.743. The molecule has 0 nitrogen and oxygen atoms in total. The van der Waals surface area contributed by atoms with E-state index in [-0.39, 0.29) is 12.0 Å². The third-order valence-corrected chi connectivity index (χ3v) is 1.23. The Bertz CT molecular complexity index is 195. The van der Waals surface area contributed by atoms with Gasteiger partial charge in [-0.05, 0) is 13.3 Å². The van der Waals surface area contributed by atoms with Gasteiger partial charge in [-0.1, -0.05) is 17.7 Å². The van der Waals surface area contributed by atoms with Gasteiger partial charge in [-0.25, -0.2) is 0 Å². The van der Waals surface area contributed by atoms with Crippen LogP contribution in [0, 0.1) is 6.92 Å². The van der Waals surface area contributed by atoms with Gasteiger partial charge >= 0.3 is 6.18 Å². The SMILES string of the molecule is [CH]C1=CC(C(F)(F)F)=CC1. The summed E-state index contributed by atoms with van der Waals surface area (Å²) in [6.45, 7) is 5.13. The zero-order chi connectivity index (χ0) is 7.78. The number of allylic oxidation sites excluding steroid dienone is 4. The molecular weight excluding hydrogens is 141 g/mol. The summed E-state index contributed by atoms with van der Waals surface area (Å²) in [6, 6.07) is 0. The van der Waals surface area contributed by atoms with Crippen LogP contribution in [0.4, 0.5) is 13.2 Å². The number of hydrogen-bond donors (Lipinski definition) is 0. The van der Waals surface area contributed by atoms with Crippen molar-refractivity contribution in [1.82, 2.24) is 0 Å². The monoisotopic (exact) mass is 146 g/mol. The normalized spacial score (nSPS) is 18.8. The number of rotatable bonds is 0.